The van der Waals surface area contributed by atoms with Crippen molar-refractivity contribution in [3.8, 4) is 5.75 Å². The van der Waals surface area contributed by atoms with E-state index in [1.807, 2.05) is 31.2 Å². The van der Waals surface area contributed by atoms with Crippen LogP contribution < -0.4 is 4.74 Å². The van der Waals surface area contributed by atoms with Gasteiger partial charge in [0.1, 0.15) is 11.9 Å². The van der Waals surface area contributed by atoms with E-state index in [2.05, 4.69) is 0 Å². The van der Waals surface area contributed by atoms with E-state index in [0.29, 0.717) is 24.9 Å². The average molecular weight is 247 g/mol. The van der Waals surface area contributed by atoms with E-state index < -0.39 is 6.09 Å². The van der Waals surface area contributed by atoms with E-state index in [0.717, 1.165) is 12.2 Å². The fourth-order valence-corrected chi connectivity index (χ4v) is 2.93. The van der Waals surface area contributed by atoms with Crippen LogP contribution >= 0.6 is 0 Å². The summed E-state index contributed by atoms with van der Waals surface area (Å²) in [5.41, 5.74) is 1.21. The summed E-state index contributed by atoms with van der Waals surface area (Å²) < 4.78 is 5.93. The zero-order valence-corrected chi connectivity index (χ0v) is 10.4. The molecule has 1 aromatic carbocycles. The first kappa shape index (κ1) is 11.4. The Morgan fingerprint density at radius 3 is 2.72 bits per heavy atom. The maximum atomic E-state index is 10.9. The van der Waals surface area contributed by atoms with E-state index in [-0.39, 0.29) is 6.10 Å². The number of amides is 1. The summed E-state index contributed by atoms with van der Waals surface area (Å²) >= 11 is 0. The van der Waals surface area contributed by atoms with Crippen LogP contribution in [0.4, 0.5) is 4.79 Å². The molecule has 4 nitrogen and oxygen atoms in total. The van der Waals surface area contributed by atoms with Crippen LogP contribution in [0.15, 0.2) is 24.3 Å². The molecule has 1 N–H and O–H groups in total. The number of carbonyl (C=O) groups is 1. The number of likely N-dealkylation sites (tertiary alicyclic amines) is 1. The van der Waals surface area contributed by atoms with Crippen LogP contribution in [0, 0.1) is 18.8 Å². The minimum Gasteiger partial charge on any atom is -0.490 e. The molecule has 1 amide bonds. The third kappa shape index (κ3) is 1.92. The normalized spacial score (nSPS) is 29.6. The van der Waals surface area contributed by atoms with E-state index in [4.69, 9.17) is 9.84 Å². The van der Waals surface area contributed by atoms with Crippen LogP contribution in [-0.4, -0.2) is 35.3 Å². The summed E-state index contributed by atoms with van der Waals surface area (Å²) in [4.78, 5) is 12.4. The Morgan fingerprint density at radius 1 is 1.33 bits per heavy atom. The highest BCUT2D eigenvalue weighted by Crippen LogP contribution is 2.42. The lowest BCUT2D eigenvalue weighted by Crippen LogP contribution is -2.44. The molecule has 0 bridgehead atoms. The number of benzene rings is 1. The Labute approximate surface area is 106 Å². The predicted molar refractivity (Wildman–Crippen MR) is 66.8 cm³/mol. The number of nitrogens with zero attached hydrogens (tertiary/aromatic N) is 1. The monoisotopic (exact) mass is 247 g/mol. The molecule has 96 valence electrons. The van der Waals surface area contributed by atoms with E-state index >= 15 is 0 Å². The fourth-order valence-electron chi connectivity index (χ4n) is 2.93. The molecule has 1 saturated heterocycles. The van der Waals surface area contributed by atoms with Crippen LogP contribution in [0.5, 0.6) is 5.75 Å². The van der Waals surface area contributed by atoms with Gasteiger partial charge in [0.25, 0.3) is 0 Å². The van der Waals surface area contributed by atoms with Gasteiger partial charge in [-0.15, -0.1) is 0 Å². The Morgan fingerprint density at radius 2 is 2.06 bits per heavy atom. The number of carboxylic acid groups (broad SMARTS) is 1. The topological polar surface area (TPSA) is 49.8 Å². The molecule has 3 atom stereocenters. The highest BCUT2D eigenvalue weighted by atomic mass is 16.5. The van der Waals surface area contributed by atoms with Crippen LogP contribution in [0.1, 0.15) is 12.0 Å². The number of ether oxygens (including phenoxy) is 1. The van der Waals surface area contributed by atoms with Crippen molar-refractivity contribution in [2.45, 2.75) is 19.4 Å². The smallest absolute Gasteiger partial charge is 0.407 e. The van der Waals surface area contributed by atoms with Gasteiger partial charge < -0.3 is 14.7 Å². The van der Waals surface area contributed by atoms with E-state index in [9.17, 15) is 4.79 Å². The number of hydrogen-bond acceptors (Lipinski definition) is 2. The number of aryl methyl sites for hydroxylation is 1. The molecule has 3 rings (SSSR count). The fraction of sp³-hybridized carbons (Fsp3) is 0.500. The Hall–Kier alpha value is -1.71. The molecule has 1 saturated carbocycles. The predicted octanol–water partition coefficient (Wildman–Crippen LogP) is 2.37. The van der Waals surface area contributed by atoms with Gasteiger partial charge in [0, 0.05) is 19.0 Å². The largest absolute Gasteiger partial charge is 0.490 e. The zero-order chi connectivity index (χ0) is 12.7. The van der Waals surface area contributed by atoms with Gasteiger partial charge in [-0.2, -0.15) is 0 Å². The number of rotatable bonds is 2. The SMILES string of the molecule is Cc1ccc(OC2CC3CN(C(=O)O)CC32)cc1. The second kappa shape index (κ2) is 4.19. The molecular formula is C14H17NO3. The first-order valence-corrected chi connectivity index (χ1v) is 6.34. The minimum atomic E-state index is -0.807. The van der Waals surface area contributed by atoms with Crippen molar-refractivity contribution < 1.29 is 14.6 Å². The van der Waals surface area contributed by atoms with Crippen LogP contribution in [0.3, 0.4) is 0 Å². The summed E-state index contributed by atoms with van der Waals surface area (Å²) in [5, 5.41) is 8.97. The van der Waals surface area contributed by atoms with Gasteiger partial charge in [-0.3, -0.25) is 0 Å². The van der Waals surface area contributed by atoms with Crippen molar-refractivity contribution in [3.63, 3.8) is 0 Å². The molecule has 0 spiro atoms. The first-order valence-electron chi connectivity index (χ1n) is 6.34. The van der Waals surface area contributed by atoms with Gasteiger partial charge in [-0.25, -0.2) is 4.79 Å². The van der Waals surface area contributed by atoms with Crippen molar-refractivity contribution in [2.24, 2.45) is 11.8 Å². The lowest BCUT2D eigenvalue weighted by molar-refractivity contribution is 0.0165. The van der Waals surface area contributed by atoms with Gasteiger partial charge in [0.05, 0.1) is 0 Å². The molecule has 1 aliphatic heterocycles. The maximum absolute atomic E-state index is 10.9. The van der Waals surface area contributed by atoms with Gasteiger partial charge >= 0.3 is 6.09 Å². The van der Waals surface area contributed by atoms with Gasteiger partial charge in [0.15, 0.2) is 0 Å². The molecule has 4 heteroatoms. The van der Waals surface area contributed by atoms with Crippen molar-refractivity contribution >= 4 is 6.09 Å². The second-order valence-electron chi connectivity index (χ2n) is 5.32. The third-order valence-corrected chi connectivity index (χ3v) is 4.08. The molecule has 0 aromatic heterocycles. The van der Waals surface area contributed by atoms with Crippen molar-refractivity contribution in [1.82, 2.24) is 4.90 Å². The summed E-state index contributed by atoms with van der Waals surface area (Å²) in [6.45, 7) is 3.34. The average Bonchev–Trinajstić information content (AvgIpc) is 2.66. The molecule has 2 aliphatic rings. The summed E-state index contributed by atoms with van der Waals surface area (Å²) in [6.07, 6.45) is 0.350. The maximum Gasteiger partial charge on any atom is 0.407 e. The summed E-state index contributed by atoms with van der Waals surface area (Å²) in [5.74, 6) is 1.76. The first-order chi connectivity index (χ1) is 8.63. The minimum absolute atomic E-state index is 0.182. The number of hydrogen-bond donors (Lipinski definition) is 1. The highest BCUT2D eigenvalue weighted by Gasteiger charge is 2.49. The summed E-state index contributed by atoms with van der Waals surface area (Å²) in [6, 6.07) is 8.02. The zero-order valence-electron chi connectivity index (χ0n) is 10.4. The molecular weight excluding hydrogens is 230 g/mol. The van der Waals surface area contributed by atoms with Crippen LogP contribution in [0.2, 0.25) is 0 Å². The van der Waals surface area contributed by atoms with E-state index in [1.165, 1.54) is 10.5 Å². The highest BCUT2D eigenvalue weighted by molar-refractivity contribution is 5.65. The van der Waals surface area contributed by atoms with E-state index in [1.54, 1.807) is 0 Å². The van der Waals surface area contributed by atoms with Crippen molar-refractivity contribution in [1.29, 1.82) is 0 Å². The lowest BCUT2D eigenvalue weighted by atomic mass is 9.73. The van der Waals surface area contributed by atoms with Gasteiger partial charge in [-0.05, 0) is 31.4 Å². The van der Waals surface area contributed by atoms with Crippen LogP contribution in [0.25, 0.3) is 0 Å². The van der Waals surface area contributed by atoms with Crippen molar-refractivity contribution in [3.05, 3.63) is 29.8 Å². The molecule has 2 fully saturated rings. The lowest BCUT2D eigenvalue weighted by Gasteiger charge is -2.38. The molecule has 18 heavy (non-hydrogen) atoms. The molecule has 1 heterocycles. The third-order valence-electron chi connectivity index (χ3n) is 4.08. The number of fused-ring (bicyclic) bond motifs is 1. The standard InChI is InChI=1S/C14H17NO3/c1-9-2-4-11(5-3-9)18-13-6-10-7-15(14(16)17)8-12(10)13/h2-5,10,12-13H,6-8H2,1H3,(H,16,17). The van der Waals surface area contributed by atoms with Crippen LogP contribution in [-0.2, 0) is 0 Å². The Kier molecular flexibility index (Phi) is 2.65. The molecule has 1 aliphatic carbocycles. The van der Waals surface area contributed by atoms with Gasteiger partial charge in [0.2, 0.25) is 0 Å². The Balaban J connectivity index is 1.60. The Bertz CT molecular complexity index is 457. The molecule has 1 aromatic rings. The second-order valence-corrected chi connectivity index (χ2v) is 5.32. The quantitative estimate of drug-likeness (QED) is 0.872. The summed E-state index contributed by atoms with van der Waals surface area (Å²) in [7, 11) is 0. The molecule has 0 radical (unpaired) electrons. The van der Waals surface area contributed by atoms with Crippen molar-refractivity contribution in [2.75, 3.05) is 13.1 Å². The molecule has 3 unspecified atom stereocenters. The van der Waals surface area contributed by atoms with Gasteiger partial charge in [-0.1, -0.05) is 17.7 Å².